The molecule has 0 fully saturated rings. The predicted octanol–water partition coefficient (Wildman–Crippen LogP) is 7.94. The molecule has 0 aliphatic carbocycles. The normalized spacial score (nSPS) is 12.6. The molecule has 0 aromatic heterocycles. The Morgan fingerprint density at radius 3 is 1.07 bits per heavy atom. The van der Waals surface area contributed by atoms with E-state index in [0.717, 1.165) is 19.3 Å². The molecule has 0 aliphatic rings. The van der Waals surface area contributed by atoms with Crippen LogP contribution in [0.3, 0.4) is 0 Å². The lowest BCUT2D eigenvalue weighted by Crippen LogP contribution is -2.05. The summed E-state index contributed by atoms with van der Waals surface area (Å²) in [5, 5.41) is 18.8. The molecule has 0 heterocycles. The number of hydrogen-bond acceptors (Lipinski definition) is 2. The minimum absolute atomic E-state index is 0.0435. The van der Waals surface area contributed by atoms with Crippen LogP contribution < -0.4 is 0 Å². The van der Waals surface area contributed by atoms with Crippen LogP contribution in [-0.4, -0.2) is 22.9 Å². The van der Waals surface area contributed by atoms with Gasteiger partial charge in [-0.3, -0.25) is 0 Å². The Balaban J connectivity index is 3.10. The van der Waals surface area contributed by atoms with Crippen molar-refractivity contribution in [2.75, 3.05) is 6.61 Å². The lowest BCUT2D eigenvalue weighted by molar-refractivity contribution is 0.147. The quantitative estimate of drug-likeness (QED) is 0.175. The first-order valence-electron chi connectivity index (χ1n) is 12.6. The molecule has 2 N–H and O–H groups in total. The van der Waals surface area contributed by atoms with Gasteiger partial charge in [0, 0.05) is 6.61 Å². The summed E-state index contributed by atoms with van der Waals surface area (Å²) >= 11 is 0. The maximum atomic E-state index is 10.1. The van der Waals surface area contributed by atoms with Crippen molar-refractivity contribution in [3.63, 3.8) is 0 Å². The van der Waals surface area contributed by atoms with Crippen molar-refractivity contribution in [3.8, 4) is 0 Å². The first-order chi connectivity index (χ1) is 13.3. The van der Waals surface area contributed by atoms with Gasteiger partial charge in [-0.1, -0.05) is 129 Å². The van der Waals surface area contributed by atoms with Crippen LogP contribution >= 0.6 is 0 Å². The first kappa shape index (κ1) is 26.9. The SMILES string of the molecule is CCCCCCCCCC(O)CCCCCCCCCCCCCCCO. The van der Waals surface area contributed by atoms with Gasteiger partial charge >= 0.3 is 0 Å². The molecule has 0 aliphatic heterocycles. The van der Waals surface area contributed by atoms with E-state index in [9.17, 15) is 5.11 Å². The predicted molar refractivity (Wildman–Crippen MR) is 120 cm³/mol. The number of hydrogen-bond donors (Lipinski definition) is 2. The van der Waals surface area contributed by atoms with Crippen LogP contribution in [0.1, 0.15) is 148 Å². The summed E-state index contributed by atoms with van der Waals surface area (Å²) in [5.41, 5.74) is 0. The Morgan fingerprint density at radius 1 is 0.444 bits per heavy atom. The van der Waals surface area contributed by atoms with Crippen molar-refractivity contribution < 1.29 is 10.2 Å². The van der Waals surface area contributed by atoms with Gasteiger partial charge in [-0.15, -0.1) is 0 Å². The number of aliphatic hydroxyl groups excluding tert-OH is 2. The summed E-state index contributed by atoms with van der Waals surface area (Å²) in [5.74, 6) is 0. The summed E-state index contributed by atoms with van der Waals surface area (Å²) in [7, 11) is 0. The van der Waals surface area contributed by atoms with Crippen molar-refractivity contribution in [1.29, 1.82) is 0 Å². The van der Waals surface area contributed by atoms with E-state index >= 15 is 0 Å². The number of aliphatic hydroxyl groups is 2. The summed E-state index contributed by atoms with van der Waals surface area (Å²) in [6, 6.07) is 0. The molecule has 0 amide bonds. The van der Waals surface area contributed by atoms with Crippen molar-refractivity contribution in [2.24, 2.45) is 0 Å². The average Bonchev–Trinajstić information content (AvgIpc) is 2.67. The van der Waals surface area contributed by atoms with Crippen LogP contribution in [0.5, 0.6) is 0 Å². The van der Waals surface area contributed by atoms with Gasteiger partial charge in [0.25, 0.3) is 0 Å². The van der Waals surface area contributed by atoms with Crippen LogP contribution in [0.15, 0.2) is 0 Å². The van der Waals surface area contributed by atoms with Gasteiger partial charge in [0.05, 0.1) is 6.10 Å². The molecule has 27 heavy (non-hydrogen) atoms. The Labute approximate surface area is 171 Å². The lowest BCUT2D eigenvalue weighted by atomic mass is 10.0. The standard InChI is InChI=1S/C25H52O2/c1-2-3-4-5-13-16-19-22-25(27)23-20-17-14-11-9-7-6-8-10-12-15-18-21-24-26/h25-27H,2-24H2,1H3. The fourth-order valence-electron chi connectivity index (χ4n) is 3.92. The molecule has 1 unspecified atom stereocenters. The van der Waals surface area contributed by atoms with E-state index in [1.807, 2.05) is 0 Å². The van der Waals surface area contributed by atoms with Gasteiger partial charge in [-0.25, -0.2) is 0 Å². The lowest BCUT2D eigenvalue weighted by Gasteiger charge is -2.10. The molecular weight excluding hydrogens is 332 g/mol. The Kier molecular flexibility index (Phi) is 23.9. The van der Waals surface area contributed by atoms with Gasteiger partial charge in [-0.2, -0.15) is 0 Å². The molecule has 0 radical (unpaired) electrons. The summed E-state index contributed by atoms with van der Waals surface area (Å²) in [4.78, 5) is 0. The van der Waals surface area contributed by atoms with Crippen molar-refractivity contribution in [1.82, 2.24) is 0 Å². The molecular formula is C25H52O2. The van der Waals surface area contributed by atoms with Crippen molar-refractivity contribution in [3.05, 3.63) is 0 Å². The van der Waals surface area contributed by atoms with E-state index in [1.54, 1.807) is 0 Å². The third-order valence-corrected chi connectivity index (χ3v) is 5.84. The largest absolute Gasteiger partial charge is 0.396 e. The average molecular weight is 385 g/mol. The maximum absolute atomic E-state index is 10.1. The zero-order valence-corrected chi connectivity index (χ0v) is 18.7. The molecule has 0 aromatic rings. The fraction of sp³-hybridized carbons (Fsp3) is 1.00. The number of unbranched alkanes of at least 4 members (excludes halogenated alkanes) is 18. The molecule has 0 saturated carbocycles. The van der Waals surface area contributed by atoms with Crippen LogP contribution in [0.2, 0.25) is 0 Å². The molecule has 2 heteroatoms. The highest BCUT2D eigenvalue weighted by atomic mass is 16.3. The van der Waals surface area contributed by atoms with Gasteiger partial charge in [0.15, 0.2) is 0 Å². The van der Waals surface area contributed by atoms with Crippen molar-refractivity contribution >= 4 is 0 Å². The molecule has 164 valence electrons. The molecule has 0 aromatic carbocycles. The minimum Gasteiger partial charge on any atom is -0.396 e. The van der Waals surface area contributed by atoms with Gasteiger partial charge in [-0.05, 0) is 19.3 Å². The van der Waals surface area contributed by atoms with Crippen LogP contribution in [0, 0.1) is 0 Å². The van der Waals surface area contributed by atoms with E-state index in [0.29, 0.717) is 6.61 Å². The molecule has 1 atom stereocenters. The highest BCUT2D eigenvalue weighted by Crippen LogP contribution is 2.15. The molecule has 0 bridgehead atoms. The van der Waals surface area contributed by atoms with Crippen molar-refractivity contribution in [2.45, 2.75) is 154 Å². The van der Waals surface area contributed by atoms with Gasteiger partial charge in [0.2, 0.25) is 0 Å². The molecule has 0 spiro atoms. The van der Waals surface area contributed by atoms with Gasteiger partial charge in [0.1, 0.15) is 0 Å². The third-order valence-electron chi connectivity index (χ3n) is 5.84. The molecule has 0 saturated heterocycles. The molecule has 2 nitrogen and oxygen atoms in total. The zero-order chi connectivity index (χ0) is 19.8. The summed E-state index contributed by atoms with van der Waals surface area (Å²) in [6.07, 6.45) is 28.4. The highest BCUT2D eigenvalue weighted by Gasteiger charge is 2.03. The zero-order valence-electron chi connectivity index (χ0n) is 18.7. The van der Waals surface area contributed by atoms with E-state index in [1.165, 1.54) is 122 Å². The minimum atomic E-state index is -0.0435. The Bertz CT molecular complexity index is 255. The topological polar surface area (TPSA) is 40.5 Å². The van der Waals surface area contributed by atoms with Crippen LogP contribution in [-0.2, 0) is 0 Å². The highest BCUT2D eigenvalue weighted by molar-refractivity contribution is 4.58. The molecule has 0 rings (SSSR count). The fourth-order valence-corrected chi connectivity index (χ4v) is 3.92. The second kappa shape index (κ2) is 24.0. The first-order valence-corrected chi connectivity index (χ1v) is 12.6. The van der Waals surface area contributed by atoms with E-state index in [4.69, 9.17) is 5.11 Å². The summed E-state index contributed by atoms with van der Waals surface area (Å²) in [6.45, 7) is 2.62. The third kappa shape index (κ3) is 23.9. The Hall–Kier alpha value is -0.0800. The van der Waals surface area contributed by atoms with Crippen LogP contribution in [0.4, 0.5) is 0 Å². The second-order valence-electron chi connectivity index (χ2n) is 8.67. The van der Waals surface area contributed by atoms with E-state index in [2.05, 4.69) is 6.92 Å². The van der Waals surface area contributed by atoms with Crippen LogP contribution in [0.25, 0.3) is 0 Å². The second-order valence-corrected chi connectivity index (χ2v) is 8.67. The monoisotopic (exact) mass is 384 g/mol. The van der Waals surface area contributed by atoms with E-state index in [-0.39, 0.29) is 6.10 Å². The van der Waals surface area contributed by atoms with E-state index < -0.39 is 0 Å². The Morgan fingerprint density at radius 2 is 0.741 bits per heavy atom. The number of rotatable bonds is 23. The van der Waals surface area contributed by atoms with Gasteiger partial charge < -0.3 is 10.2 Å². The smallest absolute Gasteiger partial charge is 0.0540 e. The maximum Gasteiger partial charge on any atom is 0.0540 e. The summed E-state index contributed by atoms with van der Waals surface area (Å²) < 4.78 is 0.